The van der Waals surface area contributed by atoms with Gasteiger partial charge in [-0.15, -0.1) is 11.8 Å². The van der Waals surface area contributed by atoms with Crippen molar-refractivity contribution in [3.63, 3.8) is 0 Å². The number of benzene rings is 1. The smallest absolute Gasteiger partial charge is 0.282 e. The predicted molar refractivity (Wildman–Crippen MR) is 67.2 cm³/mol. The van der Waals surface area contributed by atoms with Gasteiger partial charge >= 0.3 is 0 Å². The van der Waals surface area contributed by atoms with Crippen LogP contribution in [0.3, 0.4) is 0 Å². The fraction of sp³-hybridized carbons (Fsp3) is 0.400. The van der Waals surface area contributed by atoms with E-state index < -0.39 is 10.1 Å². The second-order valence-electron chi connectivity index (χ2n) is 4.20. The molecule has 0 aliphatic carbocycles. The Morgan fingerprint density at radius 1 is 1.33 bits per heavy atom. The molecule has 6 nitrogen and oxygen atoms in total. The lowest BCUT2D eigenvalue weighted by atomic mass is 10.3. The molecule has 0 saturated carbocycles. The molecule has 0 saturated heterocycles. The zero-order chi connectivity index (χ0) is 13.3. The molecule has 0 radical (unpaired) electrons. The summed E-state index contributed by atoms with van der Waals surface area (Å²) in [6.07, 6.45) is 0. The molecule has 1 aromatic heterocycles. The molecule has 0 fully saturated rings. The third-order valence-electron chi connectivity index (χ3n) is 2.19. The topological polar surface area (TPSA) is 93.3 Å². The molecule has 2 rings (SSSR count). The van der Waals surface area contributed by atoms with Crippen LogP contribution in [0, 0.1) is 5.92 Å². The SMILES string of the molecule is CC(C)CSc1ccc(S(=O)(=O)O)c2nonc12. The van der Waals surface area contributed by atoms with Crippen LogP contribution in [-0.2, 0) is 10.1 Å². The quantitative estimate of drug-likeness (QED) is 0.681. The molecule has 0 bridgehead atoms. The number of nitrogens with zero attached hydrogens (tertiary/aromatic N) is 2. The van der Waals surface area contributed by atoms with E-state index in [-0.39, 0.29) is 10.4 Å². The van der Waals surface area contributed by atoms with E-state index in [0.29, 0.717) is 11.4 Å². The van der Waals surface area contributed by atoms with Gasteiger partial charge in [0.15, 0.2) is 5.52 Å². The van der Waals surface area contributed by atoms with Crippen LogP contribution in [0.1, 0.15) is 13.8 Å². The van der Waals surface area contributed by atoms with Gasteiger partial charge in [0.2, 0.25) is 0 Å². The van der Waals surface area contributed by atoms with Crippen molar-refractivity contribution in [1.29, 1.82) is 0 Å². The first-order valence-electron chi connectivity index (χ1n) is 5.25. The maximum absolute atomic E-state index is 11.2. The molecule has 1 aromatic carbocycles. The molecule has 8 heteroatoms. The second-order valence-corrected chi connectivity index (χ2v) is 6.65. The minimum absolute atomic E-state index is 0.0613. The van der Waals surface area contributed by atoms with E-state index in [1.54, 1.807) is 17.8 Å². The van der Waals surface area contributed by atoms with Crippen molar-refractivity contribution in [1.82, 2.24) is 10.3 Å². The first-order valence-corrected chi connectivity index (χ1v) is 7.67. The molecule has 1 N–H and O–H groups in total. The van der Waals surface area contributed by atoms with Gasteiger partial charge in [0.25, 0.3) is 10.1 Å². The van der Waals surface area contributed by atoms with Crippen LogP contribution in [0.4, 0.5) is 0 Å². The standard InChI is InChI=1S/C10H12N2O4S2/c1-6(2)5-17-7-3-4-8(18(13,14)15)10-9(7)11-16-12-10/h3-4,6H,5H2,1-2H3,(H,13,14,15). The maximum Gasteiger partial charge on any atom is 0.296 e. The van der Waals surface area contributed by atoms with Gasteiger partial charge in [0.05, 0.1) is 0 Å². The molecule has 0 atom stereocenters. The average molecular weight is 288 g/mol. The van der Waals surface area contributed by atoms with E-state index in [1.165, 1.54) is 6.07 Å². The van der Waals surface area contributed by atoms with Crippen LogP contribution >= 0.6 is 11.8 Å². The number of aromatic nitrogens is 2. The summed E-state index contributed by atoms with van der Waals surface area (Å²) in [6, 6.07) is 2.91. The Morgan fingerprint density at radius 3 is 2.61 bits per heavy atom. The van der Waals surface area contributed by atoms with Gasteiger partial charge in [0, 0.05) is 10.6 Å². The van der Waals surface area contributed by atoms with Crippen LogP contribution in [0.25, 0.3) is 11.0 Å². The Kier molecular flexibility index (Phi) is 3.60. The molecule has 0 aliphatic heterocycles. The van der Waals surface area contributed by atoms with Gasteiger partial charge in [-0.25, -0.2) is 4.63 Å². The summed E-state index contributed by atoms with van der Waals surface area (Å²) in [6.45, 7) is 4.16. The Labute approximate surface area is 108 Å². The monoisotopic (exact) mass is 288 g/mol. The van der Waals surface area contributed by atoms with Crippen LogP contribution in [0.5, 0.6) is 0 Å². The Bertz CT molecular complexity index is 664. The van der Waals surface area contributed by atoms with Gasteiger partial charge in [0.1, 0.15) is 10.4 Å². The lowest BCUT2D eigenvalue weighted by Crippen LogP contribution is -1.99. The van der Waals surface area contributed by atoms with Gasteiger partial charge in [-0.05, 0) is 28.4 Å². The summed E-state index contributed by atoms with van der Waals surface area (Å²) in [5.74, 6) is 1.36. The van der Waals surface area contributed by atoms with Gasteiger partial charge in [-0.1, -0.05) is 13.8 Å². The van der Waals surface area contributed by atoms with Gasteiger partial charge < -0.3 is 0 Å². The molecule has 0 amide bonds. The summed E-state index contributed by atoms with van der Waals surface area (Å²) in [4.78, 5) is 0.500. The Balaban J connectivity index is 2.51. The molecule has 0 aliphatic rings. The number of hydrogen-bond acceptors (Lipinski definition) is 6. The second kappa shape index (κ2) is 4.87. The first-order chi connectivity index (χ1) is 8.39. The lowest BCUT2D eigenvalue weighted by Gasteiger charge is -2.05. The third-order valence-corrected chi connectivity index (χ3v) is 4.55. The average Bonchev–Trinajstić information content (AvgIpc) is 2.72. The van der Waals surface area contributed by atoms with E-state index in [4.69, 9.17) is 4.55 Å². The highest BCUT2D eigenvalue weighted by atomic mass is 32.2. The summed E-state index contributed by atoms with van der Waals surface area (Å²) >= 11 is 1.54. The highest BCUT2D eigenvalue weighted by molar-refractivity contribution is 7.99. The molecule has 0 spiro atoms. The Morgan fingerprint density at radius 2 is 2.00 bits per heavy atom. The highest BCUT2D eigenvalue weighted by Gasteiger charge is 2.20. The molecular formula is C10H12N2O4S2. The van der Waals surface area contributed by atoms with E-state index in [9.17, 15) is 8.42 Å². The van der Waals surface area contributed by atoms with Crippen molar-refractivity contribution in [3.05, 3.63) is 12.1 Å². The maximum atomic E-state index is 11.2. The van der Waals surface area contributed by atoms with Crippen molar-refractivity contribution < 1.29 is 17.6 Å². The van der Waals surface area contributed by atoms with E-state index in [0.717, 1.165) is 10.6 Å². The summed E-state index contributed by atoms with van der Waals surface area (Å²) in [7, 11) is -4.32. The van der Waals surface area contributed by atoms with Crippen LogP contribution in [-0.4, -0.2) is 29.0 Å². The zero-order valence-corrected chi connectivity index (χ0v) is 11.5. The summed E-state index contributed by atoms with van der Waals surface area (Å²) in [5.41, 5.74) is 0.419. The van der Waals surface area contributed by atoms with Gasteiger partial charge in [-0.2, -0.15) is 8.42 Å². The number of hydrogen-bond donors (Lipinski definition) is 1. The molecule has 2 aromatic rings. The number of rotatable bonds is 4. The predicted octanol–water partition coefficient (Wildman–Crippen LogP) is 2.22. The largest absolute Gasteiger partial charge is 0.296 e. The van der Waals surface area contributed by atoms with Crippen molar-refractivity contribution >= 4 is 32.9 Å². The fourth-order valence-electron chi connectivity index (χ4n) is 1.40. The summed E-state index contributed by atoms with van der Waals surface area (Å²) < 4.78 is 36.0. The minimum atomic E-state index is -4.32. The molecule has 0 unspecified atom stereocenters. The fourth-order valence-corrected chi connectivity index (χ4v) is 2.97. The molecule has 18 heavy (non-hydrogen) atoms. The van der Waals surface area contributed by atoms with E-state index >= 15 is 0 Å². The number of thioether (sulfide) groups is 1. The van der Waals surface area contributed by atoms with Crippen molar-refractivity contribution in [2.45, 2.75) is 23.6 Å². The van der Waals surface area contributed by atoms with Crippen LogP contribution in [0.2, 0.25) is 0 Å². The van der Waals surface area contributed by atoms with Crippen LogP contribution in [0.15, 0.2) is 26.6 Å². The normalized spacial score (nSPS) is 12.4. The first kappa shape index (κ1) is 13.3. The van der Waals surface area contributed by atoms with Crippen molar-refractivity contribution in [2.24, 2.45) is 5.92 Å². The lowest BCUT2D eigenvalue weighted by molar-refractivity contribution is 0.314. The summed E-state index contributed by atoms with van der Waals surface area (Å²) in [5, 5.41) is 7.22. The minimum Gasteiger partial charge on any atom is -0.282 e. The number of fused-ring (bicyclic) bond motifs is 1. The third kappa shape index (κ3) is 2.65. The van der Waals surface area contributed by atoms with E-state index in [1.807, 2.05) is 0 Å². The van der Waals surface area contributed by atoms with E-state index in [2.05, 4.69) is 28.8 Å². The van der Waals surface area contributed by atoms with Gasteiger partial charge in [-0.3, -0.25) is 4.55 Å². The zero-order valence-electron chi connectivity index (χ0n) is 9.82. The molecular weight excluding hydrogens is 276 g/mol. The van der Waals surface area contributed by atoms with Crippen molar-refractivity contribution in [3.8, 4) is 0 Å². The molecule has 1 heterocycles. The van der Waals surface area contributed by atoms with Crippen LogP contribution < -0.4 is 0 Å². The highest BCUT2D eigenvalue weighted by Crippen LogP contribution is 2.30. The Hall–Kier alpha value is -1.12. The van der Waals surface area contributed by atoms with Crippen molar-refractivity contribution in [2.75, 3.05) is 5.75 Å². The molecule has 98 valence electrons.